The molecule has 0 atom stereocenters. The van der Waals surface area contributed by atoms with Gasteiger partial charge in [0.15, 0.2) is 0 Å². The number of halogens is 3. The molecule has 0 aromatic heterocycles. The monoisotopic (exact) mass is 243 g/mol. The SMILES string of the molecule is C/C(=C/N)C(=N)Nc1ccc(C(F)(F)F)cc1. The van der Waals surface area contributed by atoms with Crippen molar-refractivity contribution in [1.29, 1.82) is 5.41 Å². The van der Waals surface area contributed by atoms with E-state index < -0.39 is 11.7 Å². The third-order valence-corrected chi connectivity index (χ3v) is 2.13. The normalized spacial score (nSPS) is 12.4. The Hall–Kier alpha value is -1.98. The van der Waals surface area contributed by atoms with Crippen LogP contribution >= 0.6 is 0 Å². The number of benzene rings is 1. The van der Waals surface area contributed by atoms with Crippen LogP contribution in [-0.2, 0) is 6.18 Å². The van der Waals surface area contributed by atoms with E-state index in [4.69, 9.17) is 11.1 Å². The highest BCUT2D eigenvalue weighted by Gasteiger charge is 2.29. The third kappa shape index (κ3) is 3.51. The quantitative estimate of drug-likeness (QED) is 0.552. The zero-order chi connectivity index (χ0) is 13.1. The summed E-state index contributed by atoms with van der Waals surface area (Å²) >= 11 is 0. The molecule has 1 rings (SSSR count). The van der Waals surface area contributed by atoms with E-state index in [0.29, 0.717) is 11.3 Å². The Labute approximate surface area is 96.6 Å². The summed E-state index contributed by atoms with van der Waals surface area (Å²) in [5.74, 6) is 0.0484. The highest BCUT2D eigenvalue weighted by molar-refractivity contribution is 6.05. The molecule has 1 aromatic carbocycles. The molecule has 0 amide bonds. The van der Waals surface area contributed by atoms with Crippen LogP contribution in [0.4, 0.5) is 18.9 Å². The summed E-state index contributed by atoms with van der Waals surface area (Å²) in [4.78, 5) is 0. The van der Waals surface area contributed by atoms with Crippen molar-refractivity contribution in [2.24, 2.45) is 5.73 Å². The van der Waals surface area contributed by atoms with Gasteiger partial charge < -0.3 is 11.1 Å². The second-order valence-electron chi connectivity index (χ2n) is 3.42. The summed E-state index contributed by atoms with van der Waals surface area (Å²) in [7, 11) is 0. The van der Waals surface area contributed by atoms with Gasteiger partial charge in [0, 0.05) is 17.5 Å². The minimum absolute atomic E-state index is 0.0484. The van der Waals surface area contributed by atoms with Gasteiger partial charge in [-0.1, -0.05) is 0 Å². The van der Waals surface area contributed by atoms with Crippen LogP contribution in [0.5, 0.6) is 0 Å². The minimum Gasteiger partial charge on any atom is -0.404 e. The van der Waals surface area contributed by atoms with Gasteiger partial charge in [-0.05, 0) is 31.2 Å². The summed E-state index contributed by atoms with van der Waals surface area (Å²) in [5.41, 5.74) is 5.41. The van der Waals surface area contributed by atoms with Crippen LogP contribution in [0.3, 0.4) is 0 Å². The summed E-state index contributed by atoms with van der Waals surface area (Å²) < 4.78 is 36.8. The van der Waals surface area contributed by atoms with Crippen LogP contribution in [0.15, 0.2) is 36.0 Å². The molecular weight excluding hydrogens is 231 g/mol. The average molecular weight is 243 g/mol. The van der Waals surface area contributed by atoms with Gasteiger partial charge in [-0.2, -0.15) is 13.2 Å². The third-order valence-electron chi connectivity index (χ3n) is 2.13. The summed E-state index contributed by atoms with van der Waals surface area (Å²) in [5, 5.41) is 10.2. The Morgan fingerprint density at radius 1 is 1.29 bits per heavy atom. The van der Waals surface area contributed by atoms with Gasteiger partial charge >= 0.3 is 6.18 Å². The van der Waals surface area contributed by atoms with E-state index >= 15 is 0 Å². The Bertz CT molecular complexity index is 432. The van der Waals surface area contributed by atoms with Crippen molar-refractivity contribution in [2.45, 2.75) is 13.1 Å². The zero-order valence-corrected chi connectivity index (χ0v) is 9.10. The molecule has 0 saturated heterocycles. The molecule has 92 valence electrons. The Kier molecular flexibility index (Phi) is 3.77. The summed E-state index contributed by atoms with van der Waals surface area (Å²) in [6.07, 6.45) is -3.10. The topological polar surface area (TPSA) is 61.9 Å². The Balaban J connectivity index is 2.80. The van der Waals surface area contributed by atoms with Gasteiger partial charge in [0.2, 0.25) is 0 Å². The first-order valence-electron chi connectivity index (χ1n) is 4.76. The molecule has 0 unspecified atom stereocenters. The first kappa shape index (κ1) is 13.1. The molecule has 0 radical (unpaired) electrons. The van der Waals surface area contributed by atoms with Crippen molar-refractivity contribution in [3.63, 3.8) is 0 Å². The van der Waals surface area contributed by atoms with E-state index in [1.54, 1.807) is 6.92 Å². The first-order valence-corrected chi connectivity index (χ1v) is 4.76. The van der Waals surface area contributed by atoms with Crippen molar-refractivity contribution in [2.75, 3.05) is 5.32 Å². The number of alkyl halides is 3. The lowest BCUT2D eigenvalue weighted by molar-refractivity contribution is -0.137. The maximum absolute atomic E-state index is 12.3. The highest BCUT2D eigenvalue weighted by atomic mass is 19.4. The molecule has 0 fully saturated rings. The number of nitrogens with two attached hydrogens (primary N) is 1. The van der Waals surface area contributed by atoms with Crippen LogP contribution in [0, 0.1) is 5.41 Å². The fraction of sp³-hybridized carbons (Fsp3) is 0.182. The van der Waals surface area contributed by atoms with Gasteiger partial charge in [-0.25, -0.2) is 0 Å². The van der Waals surface area contributed by atoms with Gasteiger partial charge in [-0.15, -0.1) is 0 Å². The van der Waals surface area contributed by atoms with Gasteiger partial charge in [0.25, 0.3) is 0 Å². The standard InChI is InChI=1S/C11H12F3N3/c1-7(6-15)10(16)17-9-4-2-8(3-5-9)11(12,13)14/h2-6H,15H2,1H3,(H2,16,17)/b7-6-. The lowest BCUT2D eigenvalue weighted by Crippen LogP contribution is -2.13. The molecule has 4 N–H and O–H groups in total. The molecule has 1 aromatic rings. The van der Waals surface area contributed by atoms with Crippen LogP contribution in [0.25, 0.3) is 0 Å². The van der Waals surface area contributed by atoms with Crippen LogP contribution in [-0.4, -0.2) is 5.84 Å². The van der Waals surface area contributed by atoms with E-state index in [2.05, 4.69) is 5.32 Å². The molecule has 0 aliphatic rings. The first-order chi connectivity index (χ1) is 7.84. The maximum Gasteiger partial charge on any atom is 0.416 e. The largest absolute Gasteiger partial charge is 0.416 e. The number of anilines is 1. The summed E-state index contributed by atoms with van der Waals surface area (Å²) in [6, 6.07) is 4.44. The van der Waals surface area contributed by atoms with E-state index in [1.165, 1.54) is 18.3 Å². The molecule has 17 heavy (non-hydrogen) atoms. The van der Waals surface area contributed by atoms with E-state index in [-0.39, 0.29) is 5.84 Å². The smallest absolute Gasteiger partial charge is 0.404 e. The van der Waals surface area contributed by atoms with Gasteiger partial charge in [0.1, 0.15) is 5.84 Å². The van der Waals surface area contributed by atoms with Crippen molar-refractivity contribution < 1.29 is 13.2 Å². The predicted octanol–water partition coefficient (Wildman–Crippen LogP) is 2.96. The number of hydrogen-bond acceptors (Lipinski definition) is 2. The predicted molar refractivity (Wildman–Crippen MR) is 60.7 cm³/mol. The molecule has 0 aliphatic carbocycles. The van der Waals surface area contributed by atoms with E-state index in [0.717, 1.165) is 12.1 Å². The number of hydrogen-bond donors (Lipinski definition) is 3. The molecule has 0 bridgehead atoms. The second-order valence-corrected chi connectivity index (χ2v) is 3.42. The van der Waals surface area contributed by atoms with Crippen LogP contribution < -0.4 is 11.1 Å². The van der Waals surface area contributed by atoms with Crippen molar-refractivity contribution in [3.8, 4) is 0 Å². The Morgan fingerprint density at radius 3 is 2.24 bits per heavy atom. The van der Waals surface area contributed by atoms with Crippen LogP contribution in [0.1, 0.15) is 12.5 Å². The molecule has 3 nitrogen and oxygen atoms in total. The molecule has 0 aliphatic heterocycles. The minimum atomic E-state index is -4.35. The number of amidine groups is 1. The lowest BCUT2D eigenvalue weighted by atomic mass is 10.2. The molecule has 0 heterocycles. The van der Waals surface area contributed by atoms with Gasteiger partial charge in [0.05, 0.1) is 5.56 Å². The van der Waals surface area contributed by atoms with Crippen LogP contribution in [0.2, 0.25) is 0 Å². The molecule has 0 saturated carbocycles. The van der Waals surface area contributed by atoms with E-state index in [9.17, 15) is 13.2 Å². The fourth-order valence-corrected chi connectivity index (χ4v) is 1.07. The number of nitrogens with one attached hydrogen (secondary N) is 2. The second kappa shape index (κ2) is 4.90. The van der Waals surface area contributed by atoms with Crippen molar-refractivity contribution in [1.82, 2.24) is 0 Å². The highest BCUT2D eigenvalue weighted by Crippen LogP contribution is 2.29. The molecular formula is C11H12F3N3. The Morgan fingerprint density at radius 2 is 1.82 bits per heavy atom. The van der Waals surface area contributed by atoms with Crippen molar-refractivity contribution >= 4 is 11.5 Å². The number of rotatable bonds is 2. The molecule has 6 heteroatoms. The summed E-state index contributed by atoms with van der Waals surface area (Å²) in [6.45, 7) is 1.62. The molecule has 0 spiro atoms. The maximum atomic E-state index is 12.3. The van der Waals surface area contributed by atoms with E-state index in [1.807, 2.05) is 0 Å². The van der Waals surface area contributed by atoms with Gasteiger partial charge in [-0.3, -0.25) is 5.41 Å². The van der Waals surface area contributed by atoms with Crippen molar-refractivity contribution in [3.05, 3.63) is 41.6 Å². The average Bonchev–Trinajstić information content (AvgIpc) is 2.27. The zero-order valence-electron chi connectivity index (χ0n) is 9.10. The lowest BCUT2D eigenvalue weighted by Gasteiger charge is -2.10. The fourth-order valence-electron chi connectivity index (χ4n) is 1.07.